The molecule has 0 aliphatic heterocycles. The molecule has 1 aromatic carbocycles. The normalized spacial score (nSPS) is 10.9. The van der Waals surface area contributed by atoms with Crippen molar-refractivity contribution < 1.29 is 9.18 Å². The van der Waals surface area contributed by atoms with Gasteiger partial charge < -0.3 is 5.32 Å². The summed E-state index contributed by atoms with van der Waals surface area (Å²) in [6, 6.07) is 5.98. The van der Waals surface area contributed by atoms with Gasteiger partial charge in [-0.1, -0.05) is 0 Å². The van der Waals surface area contributed by atoms with E-state index >= 15 is 0 Å². The molecular weight excluding hydrogens is 301 g/mol. The molecule has 1 amide bonds. The summed E-state index contributed by atoms with van der Waals surface area (Å²) in [5.74, 6) is -0.565. The summed E-state index contributed by atoms with van der Waals surface area (Å²) in [4.78, 5) is 21.8. The molecule has 0 radical (unpaired) electrons. The number of aryl methyl sites for hydroxylation is 2. The zero-order valence-electron chi connectivity index (χ0n) is 12.2. The molecule has 0 fully saturated rings. The van der Waals surface area contributed by atoms with Gasteiger partial charge in [-0.25, -0.2) is 9.37 Å². The second-order valence-corrected chi connectivity index (χ2v) is 6.32. The first kappa shape index (κ1) is 14.6. The molecule has 3 aromatic rings. The first-order valence-electron chi connectivity index (χ1n) is 6.79. The van der Waals surface area contributed by atoms with Gasteiger partial charge in [0.25, 0.3) is 5.91 Å². The second kappa shape index (κ2) is 5.81. The zero-order chi connectivity index (χ0) is 15.7. The van der Waals surface area contributed by atoms with Crippen molar-refractivity contribution in [2.75, 3.05) is 0 Å². The van der Waals surface area contributed by atoms with Crippen LogP contribution < -0.4 is 5.32 Å². The number of aromatic nitrogens is 2. The van der Waals surface area contributed by atoms with Crippen molar-refractivity contribution in [1.29, 1.82) is 0 Å². The number of rotatable bonds is 3. The van der Waals surface area contributed by atoms with Gasteiger partial charge in [0.1, 0.15) is 5.82 Å². The van der Waals surface area contributed by atoms with E-state index in [0.717, 1.165) is 9.88 Å². The molecule has 0 atom stereocenters. The fourth-order valence-electron chi connectivity index (χ4n) is 2.27. The Kier molecular flexibility index (Phi) is 3.85. The Morgan fingerprint density at radius 2 is 2.14 bits per heavy atom. The highest BCUT2D eigenvalue weighted by Gasteiger charge is 2.13. The Balaban J connectivity index is 1.90. The summed E-state index contributed by atoms with van der Waals surface area (Å²) in [7, 11) is 0. The van der Waals surface area contributed by atoms with Crippen molar-refractivity contribution in [3.63, 3.8) is 0 Å². The molecule has 0 saturated carbocycles. The first-order valence-corrected chi connectivity index (χ1v) is 7.61. The fourth-order valence-corrected chi connectivity index (χ4v) is 3.01. The molecule has 4 nitrogen and oxygen atoms in total. The van der Waals surface area contributed by atoms with E-state index in [1.807, 2.05) is 6.92 Å². The zero-order valence-corrected chi connectivity index (χ0v) is 13.0. The Hall–Kier alpha value is -2.34. The highest BCUT2D eigenvalue weighted by atomic mass is 32.1. The number of pyridine rings is 1. The van der Waals surface area contributed by atoms with E-state index in [1.54, 1.807) is 36.6 Å². The minimum Gasteiger partial charge on any atom is -0.347 e. The monoisotopic (exact) mass is 315 g/mol. The van der Waals surface area contributed by atoms with Crippen molar-refractivity contribution in [2.45, 2.75) is 20.4 Å². The van der Waals surface area contributed by atoms with Gasteiger partial charge in [0.2, 0.25) is 0 Å². The molecule has 0 aliphatic rings. The summed E-state index contributed by atoms with van der Waals surface area (Å²) < 4.78 is 13.3. The lowest BCUT2D eigenvalue weighted by molar-refractivity contribution is 0.0953. The maximum Gasteiger partial charge on any atom is 0.252 e. The SMILES string of the molecule is Cc1cc(C(=O)NCc2cnc(C)s2)c2ccc(F)cc2n1. The molecule has 2 heterocycles. The number of thiazole rings is 1. The van der Waals surface area contributed by atoms with Crippen molar-refractivity contribution in [3.05, 3.63) is 57.4 Å². The molecule has 0 unspecified atom stereocenters. The quantitative estimate of drug-likeness (QED) is 0.806. The van der Waals surface area contributed by atoms with Gasteiger partial charge in [-0.3, -0.25) is 9.78 Å². The van der Waals surface area contributed by atoms with Crippen LogP contribution in [0.4, 0.5) is 4.39 Å². The van der Waals surface area contributed by atoms with Gasteiger partial charge in [0.15, 0.2) is 0 Å². The fraction of sp³-hybridized carbons (Fsp3) is 0.188. The van der Waals surface area contributed by atoms with Gasteiger partial charge in [0.05, 0.1) is 22.6 Å². The van der Waals surface area contributed by atoms with Crippen LogP contribution in [-0.2, 0) is 6.54 Å². The van der Waals surface area contributed by atoms with E-state index in [-0.39, 0.29) is 11.7 Å². The van der Waals surface area contributed by atoms with E-state index in [1.165, 1.54) is 12.1 Å². The molecular formula is C16H14FN3OS. The number of hydrogen-bond donors (Lipinski definition) is 1. The molecule has 3 rings (SSSR count). The van der Waals surface area contributed by atoms with Crippen molar-refractivity contribution >= 4 is 28.1 Å². The van der Waals surface area contributed by atoms with E-state index < -0.39 is 0 Å². The minimum absolute atomic E-state index is 0.201. The number of fused-ring (bicyclic) bond motifs is 1. The number of carbonyl (C=O) groups is 1. The number of benzene rings is 1. The molecule has 112 valence electrons. The van der Waals surface area contributed by atoms with Crippen molar-refractivity contribution in [2.24, 2.45) is 0 Å². The Bertz CT molecular complexity index is 854. The molecule has 0 aliphatic carbocycles. The highest BCUT2D eigenvalue weighted by Crippen LogP contribution is 2.20. The third-order valence-electron chi connectivity index (χ3n) is 3.24. The maximum absolute atomic E-state index is 13.3. The van der Waals surface area contributed by atoms with Gasteiger partial charge in [0, 0.05) is 28.2 Å². The molecule has 0 saturated heterocycles. The molecule has 6 heteroatoms. The molecule has 0 bridgehead atoms. The lowest BCUT2D eigenvalue weighted by atomic mass is 10.1. The van der Waals surface area contributed by atoms with Crippen LogP contribution in [0.1, 0.15) is 25.9 Å². The number of halogens is 1. The predicted octanol–water partition coefficient (Wildman–Crippen LogP) is 3.38. The number of nitrogens with zero attached hydrogens (tertiary/aromatic N) is 2. The van der Waals surface area contributed by atoms with Crippen LogP contribution in [0, 0.1) is 19.7 Å². The van der Waals surface area contributed by atoms with Crippen LogP contribution in [0.2, 0.25) is 0 Å². The number of nitrogens with one attached hydrogen (secondary N) is 1. The minimum atomic E-state index is -0.364. The first-order chi connectivity index (χ1) is 10.5. The summed E-state index contributed by atoms with van der Waals surface area (Å²) in [5, 5.41) is 4.48. The standard InChI is InChI=1S/C16H14FN3OS/c1-9-5-14(13-4-3-11(17)6-15(13)20-9)16(21)19-8-12-7-18-10(2)22-12/h3-7H,8H2,1-2H3,(H,19,21). The van der Waals surface area contributed by atoms with Crippen LogP contribution in [0.5, 0.6) is 0 Å². The number of amides is 1. The van der Waals surface area contributed by atoms with Gasteiger partial charge >= 0.3 is 0 Å². The Morgan fingerprint density at radius 1 is 1.32 bits per heavy atom. The molecule has 1 N–H and O–H groups in total. The lowest BCUT2D eigenvalue weighted by Crippen LogP contribution is -2.22. The summed E-state index contributed by atoms with van der Waals surface area (Å²) in [6.07, 6.45) is 1.76. The lowest BCUT2D eigenvalue weighted by Gasteiger charge is -2.08. The van der Waals surface area contributed by atoms with Crippen LogP contribution in [-0.4, -0.2) is 15.9 Å². The smallest absolute Gasteiger partial charge is 0.252 e. The van der Waals surface area contributed by atoms with E-state index in [0.29, 0.717) is 28.7 Å². The van der Waals surface area contributed by atoms with Crippen LogP contribution in [0.15, 0.2) is 30.5 Å². The van der Waals surface area contributed by atoms with Crippen LogP contribution >= 0.6 is 11.3 Å². The van der Waals surface area contributed by atoms with Gasteiger partial charge in [-0.05, 0) is 32.0 Å². The topological polar surface area (TPSA) is 54.9 Å². The van der Waals surface area contributed by atoms with Gasteiger partial charge in [-0.15, -0.1) is 11.3 Å². The average molecular weight is 315 g/mol. The molecule has 0 spiro atoms. The summed E-state index contributed by atoms with van der Waals surface area (Å²) in [5.41, 5.74) is 1.67. The molecule has 2 aromatic heterocycles. The highest BCUT2D eigenvalue weighted by molar-refractivity contribution is 7.11. The number of hydrogen-bond acceptors (Lipinski definition) is 4. The largest absolute Gasteiger partial charge is 0.347 e. The van der Waals surface area contributed by atoms with E-state index in [4.69, 9.17) is 0 Å². The van der Waals surface area contributed by atoms with Crippen molar-refractivity contribution in [1.82, 2.24) is 15.3 Å². The second-order valence-electron chi connectivity index (χ2n) is 5.00. The summed E-state index contributed by atoms with van der Waals surface area (Å²) >= 11 is 1.55. The molecule has 22 heavy (non-hydrogen) atoms. The van der Waals surface area contributed by atoms with E-state index in [2.05, 4.69) is 15.3 Å². The predicted molar refractivity (Wildman–Crippen MR) is 84.5 cm³/mol. The average Bonchev–Trinajstić information content (AvgIpc) is 2.89. The van der Waals surface area contributed by atoms with E-state index in [9.17, 15) is 9.18 Å². The van der Waals surface area contributed by atoms with Gasteiger partial charge in [-0.2, -0.15) is 0 Å². The van der Waals surface area contributed by atoms with Crippen LogP contribution in [0.25, 0.3) is 10.9 Å². The maximum atomic E-state index is 13.3. The Morgan fingerprint density at radius 3 is 2.86 bits per heavy atom. The number of carbonyl (C=O) groups excluding carboxylic acids is 1. The Labute approximate surface area is 131 Å². The third kappa shape index (κ3) is 2.96. The summed E-state index contributed by atoms with van der Waals surface area (Å²) in [6.45, 7) is 4.13. The van der Waals surface area contributed by atoms with Crippen molar-refractivity contribution in [3.8, 4) is 0 Å². The van der Waals surface area contributed by atoms with Crippen LogP contribution in [0.3, 0.4) is 0 Å². The third-order valence-corrected chi connectivity index (χ3v) is 4.15.